The fourth-order valence-electron chi connectivity index (χ4n) is 3.82. The number of carbonyl (C=O) groups is 1. The first-order valence-corrected chi connectivity index (χ1v) is 9.51. The highest BCUT2D eigenvalue weighted by Gasteiger charge is 2.55. The van der Waals surface area contributed by atoms with E-state index in [1.807, 2.05) is 56.3 Å². The highest BCUT2D eigenvalue weighted by atomic mass is 16.7. The van der Waals surface area contributed by atoms with Gasteiger partial charge in [0.25, 0.3) is 11.7 Å². The van der Waals surface area contributed by atoms with Gasteiger partial charge in [0.05, 0.1) is 25.5 Å². The van der Waals surface area contributed by atoms with Gasteiger partial charge < -0.3 is 19.1 Å². The maximum Gasteiger partial charge on any atom is 0.292 e. The first-order chi connectivity index (χ1) is 13.1. The Bertz CT molecular complexity index is 842. The third-order valence-electron chi connectivity index (χ3n) is 5.07. The summed E-state index contributed by atoms with van der Waals surface area (Å²) in [6, 6.07) is 13.9. The molecule has 0 atom stereocenters. The van der Waals surface area contributed by atoms with E-state index in [1.165, 1.54) is 5.56 Å². The number of hydrogen-bond donors (Lipinski definition) is 0. The molecule has 0 N–H and O–H groups in total. The number of aryl methyl sites for hydroxylation is 2. The van der Waals surface area contributed by atoms with Crippen molar-refractivity contribution >= 4 is 11.6 Å². The Labute approximate surface area is 159 Å². The lowest BCUT2D eigenvalue weighted by Crippen LogP contribution is -2.47. The number of amides is 1. The minimum absolute atomic E-state index is 0.123. The molecule has 142 valence electrons. The molecule has 2 heterocycles. The van der Waals surface area contributed by atoms with Crippen LogP contribution in [0.5, 0.6) is 5.75 Å². The summed E-state index contributed by atoms with van der Waals surface area (Å²) in [7, 11) is 0. The van der Waals surface area contributed by atoms with Crippen LogP contribution < -0.4 is 9.64 Å². The smallest absolute Gasteiger partial charge is 0.292 e. The van der Waals surface area contributed by atoms with Crippen molar-refractivity contribution in [2.45, 2.75) is 32.5 Å². The van der Waals surface area contributed by atoms with Crippen LogP contribution in [0.4, 0.5) is 5.69 Å². The Morgan fingerprint density at radius 2 is 1.89 bits per heavy atom. The molecule has 0 bridgehead atoms. The summed E-state index contributed by atoms with van der Waals surface area (Å²) in [6.45, 7) is 6.23. The number of para-hydroxylation sites is 1. The Kier molecular flexibility index (Phi) is 4.89. The molecule has 1 saturated heterocycles. The highest BCUT2D eigenvalue weighted by molar-refractivity contribution is 6.06. The van der Waals surface area contributed by atoms with Crippen LogP contribution in [0.15, 0.2) is 42.5 Å². The molecule has 2 aliphatic heterocycles. The molecule has 2 aromatic carbocycles. The molecule has 4 rings (SSSR count). The van der Waals surface area contributed by atoms with E-state index in [1.54, 1.807) is 4.90 Å². The van der Waals surface area contributed by atoms with E-state index in [0.29, 0.717) is 26.4 Å². The van der Waals surface area contributed by atoms with E-state index in [4.69, 9.17) is 14.2 Å². The second-order valence-electron chi connectivity index (χ2n) is 7.11. The quantitative estimate of drug-likeness (QED) is 0.756. The molecule has 2 aromatic rings. The Hall–Kier alpha value is -2.37. The first-order valence-electron chi connectivity index (χ1n) is 9.51. The molecule has 5 heteroatoms. The summed E-state index contributed by atoms with van der Waals surface area (Å²) in [5, 5.41) is 0. The van der Waals surface area contributed by atoms with E-state index in [2.05, 4.69) is 0 Å². The zero-order valence-electron chi connectivity index (χ0n) is 15.9. The van der Waals surface area contributed by atoms with Gasteiger partial charge in [-0.3, -0.25) is 4.79 Å². The zero-order valence-corrected chi connectivity index (χ0v) is 15.9. The Morgan fingerprint density at radius 3 is 2.67 bits per heavy atom. The van der Waals surface area contributed by atoms with Gasteiger partial charge in [-0.15, -0.1) is 0 Å². The van der Waals surface area contributed by atoms with Crippen molar-refractivity contribution in [2.24, 2.45) is 0 Å². The van der Waals surface area contributed by atoms with Crippen molar-refractivity contribution < 1.29 is 19.0 Å². The van der Waals surface area contributed by atoms with Gasteiger partial charge in [0, 0.05) is 12.1 Å². The predicted molar refractivity (Wildman–Crippen MR) is 103 cm³/mol. The van der Waals surface area contributed by atoms with Crippen LogP contribution in [0, 0.1) is 13.8 Å². The summed E-state index contributed by atoms with van der Waals surface area (Å²) >= 11 is 0. The largest absolute Gasteiger partial charge is 0.494 e. The third kappa shape index (κ3) is 3.22. The Balaban J connectivity index is 1.49. The number of carbonyl (C=O) groups excluding carboxylic acids is 1. The van der Waals surface area contributed by atoms with Crippen molar-refractivity contribution in [3.63, 3.8) is 0 Å². The maximum absolute atomic E-state index is 13.2. The normalized spacial score (nSPS) is 18.0. The standard InChI is InChI=1S/C22H25NO4/c1-16-7-3-9-18(15-16)25-12-5-11-23-20-17(2)8-4-10-19(20)22(21(23)24)26-13-6-14-27-22/h3-4,7-10,15H,5-6,11-14H2,1-2H3. The van der Waals surface area contributed by atoms with Crippen molar-refractivity contribution in [1.29, 1.82) is 0 Å². The monoisotopic (exact) mass is 367 g/mol. The van der Waals surface area contributed by atoms with Crippen molar-refractivity contribution in [2.75, 3.05) is 31.3 Å². The highest BCUT2D eigenvalue weighted by Crippen LogP contribution is 2.46. The molecule has 0 saturated carbocycles. The molecular weight excluding hydrogens is 342 g/mol. The van der Waals surface area contributed by atoms with Gasteiger partial charge >= 0.3 is 0 Å². The number of rotatable bonds is 5. The molecule has 1 spiro atoms. The lowest BCUT2D eigenvalue weighted by atomic mass is 10.0. The fourth-order valence-corrected chi connectivity index (χ4v) is 3.82. The molecule has 0 aromatic heterocycles. The molecular formula is C22H25NO4. The van der Waals surface area contributed by atoms with Crippen LogP contribution in [0.3, 0.4) is 0 Å². The van der Waals surface area contributed by atoms with Gasteiger partial charge in [-0.2, -0.15) is 0 Å². The van der Waals surface area contributed by atoms with Gasteiger partial charge in [0.2, 0.25) is 0 Å². The molecule has 27 heavy (non-hydrogen) atoms. The number of nitrogens with zero attached hydrogens (tertiary/aromatic N) is 1. The Morgan fingerprint density at radius 1 is 1.11 bits per heavy atom. The summed E-state index contributed by atoms with van der Waals surface area (Å²) in [4.78, 5) is 15.0. The van der Waals surface area contributed by atoms with Gasteiger partial charge in [0.1, 0.15) is 5.75 Å². The fraction of sp³-hybridized carbons (Fsp3) is 0.409. The van der Waals surface area contributed by atoms with Crippen molar-refractivity contribution in [1.82, 2.24) is 0 Å². The van der Waals surface area contributed by atoms with Crippen molar-refractivity contribution in [3.8, 4) is 5.75 Å². The van der Waals surface area contributed by atoms with Crippen LogP contribution in [0.1, 0.15) is 29.5 Å². The molecule has 5 nitrogen and oxygen atoms in total. The number of fused-ring (bicyclic) bond motifs is 2. The van der Waals surface area contributed by atoms with Crippen LogP contribution in [0.25, 0.3) is 0 Å². The second kappa shape index (κ2) is 7.33. The number of anilines is 1. The molecule has 1 fully saturated rings. The molecule has 2 aliphatic rings. The van der Waals surface area contributed by atoms with E-state index in [9.17, 15) is 4.79 Å². The average Bonchev–Trinajstić information content (AvgIpc) is 2.90. The van der Waals surface area contributed by atoms with E-state index in [-0.39, 0.29) is 5.91 Å². The molecule has 1 amide bonds. The van der Waals surface area contributed by atoms with E-state index in [0.717, 1.165) is 35.4 Å². The van der Waals surface area contributed by atoms with Crippen LogP contribution in [0.2, 0.25) is 0 Å². The van der Waals surface area contributed by atoms with E-state index < -0.39 is 5.79 Å². The number of ether oxygens (including phenoxy) is 3. The summed E-state index contributed by atoms with van der Waals surface area (Å²) in [5.74, 6) is -0.534. The molecule has 0 aliphatic carbocycles. The van der Waals surface area contributed by atoms with Gasteiger partial charge in [0.15, 0.2) is 0 Å². The maximum atomic E-state index is 13.2. The number of benzene rings is 2. The van der Waals surface area contributed by atoms with Crippen molar-refractivity contribution in [3.05, 3.63) is 59.2 Å². The predicted octanol–water partition coefficient (Wildman–Crippen LogP) is 3.71. The summed E-state index contributed by atoms with van der Waals surface area (Å²) < 4.78 is 17.6. The lowest BCUT2D eigenvalue weighted by molar-refractivity contribution is -0.256. The van der Waals surface area contributed by atoms with Gasteiger partial charge in [-0.25, -0.2) is 0 Å². The van der Waals surface area contributed by atoms with Gasteiger partial charge in [-0.05, 0) is 49.9 Å². The van der Waals surface area contributed by atoms with E-state index >= 15 is 0 Å². The van der Waals surface area contributed by atoms with Gasteiger partial charge in [-0.1, -0.05) is 30.3 Å². The topological polar surface area (TPSA) is 48.0 Å². The molecule has 0 radical (unpaired) electrons. The summed E-state index contributed by atoms with van der Waals surface area (Å²) in [5.41, 5.74) is 3.96. The minimum atomic E-state index is -1.27. The SMILES string of the molecule is Cc1cccc(OCCCN2C(=O)C3(OCCCO3)c3cccc(C)c32)c1. The number of hydrogen-bond acceptors (Lipinski definition) is 4. The van der Waals surface area contributed by atoms with Crippen LogP contribution in [-0.2, 0) is 20.1 Å². The molecule has 0 unspecified atom stereocenters. The average molecular weight is 367 g/mol. The second-order valence-corrected chi connectivity index (χ2v) is 7.11. The zero-order chi connectivity index (χ0) is 18.9. The lowest BCUT2D eigenvalue weighted by Gasteiger charge is -2.32. The van der Waals surface area contributed by atoms with Crippen LogP contribution >= 0.6 is 0 Å². The minimum Gasteiger partial charge on any atom is -0.494 e. The third-order valence-corrected chi connectivity index (χ3v) is 5.07. The summed E-state index contributed by atoms with van der Waals surface area (Å²) in [6.07, 6.45) is 1.53. The first kappa shape index (κ1) is 18.0. The van der Waals surface area contributed by atoms with Crippen LogP contribution in [-0.4, -0.2) is 32.3 Å².